The van der Waals surface area contributed by atoms with Crippen molar-refractivity contribution < 1.29 is 9.13 Å². The van der Waals surface area contributed by atoms with Crippen LogP contribution in [0.5, 0.6) is 0 Å². The van der Waals surface area contributed by atoms with E-state index in [0.29, 0.717) is 6.61 Å². The quantitative estimate of drug-likeness (QED) is 0.747. The fourth-order valence-corrected chi connectivity index (χ4v) is 1.61. The molecule has 0 heterocycles. The molecule has 0 fully saturated rings. The molecule has 1 nitrogen and oxygen atoms in total. The van der Waals surface area contributed by atoms with Crippen LogP contribution in [-0.4, -0.2) is 13.7 Å². The molecule has 3 heteroatoms. The summed E-state index contributed by atoms with van der Waals surface area (Å²) in [5, 5.41) is 0.178. The molecule has 0 N–H and O–H groups in total. The number of halogens is 2. The Morgan fingerprint density at radius 1 is 1.50 bits per heavy atom. The van der Waals surface area contributed by atoms with Gasteiger partial charge >= 0.3 is 0 Å². The van der Waals surface area contributed by atoms with Crippen LogP contribution in [0.3, 0.4) is 0 Å². The lowest BCUT2D eigenvalue weighted by molar-refractivity contribution is 0.177. The Labute approximate surface area is 88.8 Å². The van der Waals surface area contributed by atoms with Gasteiger partial charge in [0.1, 0.15) is 5.82 Å². The highest BCUT2D eigenvalue weighted by Crippen LogP contribution is 2.24. The van der Waals surface area contributed by atoms with Crippen LogP contribution >= 0.6 is 11.6 Å². The van der Waals surface area contributed by atoms with Gasteiger partial charge in [0.2, 0.25) is 0 Å². The van der Waals surface area contributed by atoms with Crippen LogP contribution in [0, 0.1) is 5.82 Å². The molecule has 1 aromatic carbocycles. The van der Waals surface area contributed by atoms with Gasteiger partial charge in [-0.15, -0.1) is 0 Å². The van der Waals surface area contributed by atoms with E-state index < -0.39 is 0 Å². The number of benzene rings is 1. The fraction of sp³-hybridized carbons (Fsp3) is 0.455. The molecule has 0 aliphatic heterocycles. The van der Waals surface area contributed by atoms with Crippen LogP contribution in [0.4, 0.5) is 4.39 Å². The molecular weight excluding hydrogens is 203 g/mol. The molecule has 0 aliphatic carbocycles. The predicted molar refractivity (Wildman–Crippen MR) is 56.3 cm³/mol. The minimum Gasteiger partial charge on any atom is -0.384 e. The molecule has 1 rings (SSSR count). The Bertz CT molecular complexity index is 301. The van der Waals surface area contributed by atoms with Gasteiger partial charge in [-0.1, -0.05) is 24.6 Å². The summed E-state index contributed by atoms with van der Waals surface area (Å²) in [5.74, 6) is -0.0826. The van der Waals surface area contributed by atoms with Gasteiger partial charge in [-0.05, 0) is 24.1 Å². The lowest BCUT2D eigenvalue weighted by atomic mass is 9.97. The highest BCUT2D eigenvalue weighted by atomic mass is 35.5. The van der Waals surface area contributed by atoms with Gasteiger partial charge < -0.3 is 4.74 Å². The summed E-state index contributed by atoms with van der Waals surface area (Å²) in [4.78, 5) is 0. The van der Waals surface area contributed by atoms with Crippen molar-refractivity contribution in [2.45, 2.75) is 19.3 Å². The second-order valence-corrected chi connectivity index (χ2v) is 3.64. The van der Waals surface area contributed by atoms with Crippen LogP contribution in [0.25, 0.3) is 0 Å². The van der Waals surface area contributed by atoms with Gasteiger partial charge in [0.15, 0.2) is 0 Å². The second kappa shape index (κ2) is 5.32. The van der Waals surface area contributed by atoms with Crippen molar-refractivity contribution in [1.82, 2.24) is 0 Å². The van der Waals surface area contributed by atoms with Crippen molar-refractivity contribution in [2.24, 2.45) is 0 Å². The van der Waals surface area contributed by atoms with Crippen LogP contribution in [0.15, 0.2) is 18.2 Å². The standard InChI is InChI=1S/C11H14ClFO/c1-3-8(7-14-2)9-4-5-11(13)10(12)6-9/h4-6,8H,3,7H2,1-2H3/t8-/m1/s1. The summed E-state index contributed by atoms with van der Waals surface area (Å²) in [5.41, 5.74) is 1.03. The van der Waals surface area contributed by atoms with E-state index >= 15 is 0 Å². The second-order valence-electron chi connectivity index (χ2n) is 3.23. The molecule has 0 unspecified atom stereocenters. The van der Waals surface area contributed by atoms with Crippen molar-refractivity contribution in [1.29, 1.82) is 0 Å². The first-order valence-electron chi connectivity index (χ1n) is 4.63. The third-order valence-electron chi connectivity index (χ3n) is 2.28. The maximum atomic E-state index is 12.9. The first-order chi connectivity index (χ1) is 6.69. The number of hydrogen-bond acceptors (Lipinski definition) is 1. The molecule has 0 amide bonds. The van der Waals surface area contributed by atoms with Gasteiger partial charge in [-0.25, -0.2) is 4.39 Å². The Morgan fingerprint density at radius 3 is 2.71 bits per heavy atom. The van der Waals surface area contributed by atoms with E-state index in [2.05, 4.69) is 6.92 Å². The minimum absolute atomic E-state index is 0.178. The summed E-state index contributed by atoms with van der Waals surface area (Å²) in [6, 6.07) is 4.83. The Kier molecular flexibility index (Phi) is 4.36. The van der Waals surface area contributed by atoms with E-state index in [4.69, 9.17) is 16.3 Å². The van der Waals surface area contributed by atoms with Crippen LogP contribution in [-0.2, 0) is 4.74 Å². The summed E-state index contributed by atoms with van der Waals surface area (Å²) in [7, 11) is 1.66. The lowest BCUT2D eigenvalue weighted by Gasteiger charge is -2.14. The molecule has 0 bridgehead atoms. The number of hydrogen-bond donors (Lipinski definition) is 0. The fourth-order valence-electron chi connectivity index (χ4n) is 1.42. The average molecular weight is 217 g/mol. The van der Waals surface area contributed by atoms with Crippen LogP contribution in [0.2, 0.25) is 5.02 Å². The van der Waals surface area contributed by atoms with E-state index in [1.54, 1.807) is 19.2 Å². The molecule has 0 spiro atoms. The maximum absolute atomic E-state index is 12.9. The summed E-state index contributed by atoms with van der Waals surface area (Å²) in [6.07, 6.45) is 0.954. The van der Waals surface area contributed by atoms with Gasteiger partial charge in [-0.2, -0.15) is 0 Å². The van der Waals surface area contributed by atoms with E-state index in [1.165, 1.54) is 6.07 Å². The monoisotopic (exact) mass is 216 g/mol. The van der Waals surface area contributed by atoms with Gasteiger partial charge in [0.25, 0.3) is 0 Å². The molecular formula is C11H14ClFO. The van der Waals surface area contributed by atoms with Gasteiger partial charge in [0, 0.05) is 13.0 Å². The topological polar surface area (TPSA) is 9.23 Å². The predicted octanol–water partition coefficient (Wildman–Crippen LogP) is 3.62. The van der Waals surface area contributed by atoms with Crippen molar-refractivity contribution in [2.75, 3.05) is 13.7 Å². The summed E-state index contributed by atoms with van der Waals surface area (Å²) < 4.78 is 18.0. The molecule has 0 aliphatic rings. The first-order valence-corrected chi connectivity index (χ1v) is 5.00. The smallest absolute Gasteiger partial charge is 0.141 e. The summed E-state index contributed by atoms with van der Waals surface area (Å²) >= 11 is 5.70. The van der Waals surface area contributed by atoms with Crippen molar-refractivity contribution in [3.05, 3.63) is 34.6 Å². The van der Waals surface area contributed by atoms with E-state index in [-0.39, 0.29) is 16.8 Å². The number of methoxy groups -OCH3 is 1. The average Bonchev–Trinajstić information content (AvgIpc) is 2.19. The zero-order valence-corrected chi connectivity index (χ0v) is 9.14. The van der Waals surface area contributed by atoms with Gasteiger partial charge in [-0.3, -0.25) is 0 Å². The molecule has 1 atom stereocenters. The zero-order valence-electron chi connectivity index (χ0n) is 8.39. The van der Waals surface area contributed by atoms with Crippen LogP contribution < -0.4 is 0 Å². The molecule has 0 radical (unpaired) electrons. The largest absolute Gasteiger partial charge is 0.384 e. The SMILES string of the molecule is CC[C@H](COC)c1ccc(F)c(Cl)c1. The number of ether oxygens (including phenoxy) is 1. The van der Waals surface area contributed by atoms with Crippen molar-refractivity contribution >= 4 is 11.6 Å². The summed E-state index contributed by atoms with van der Waals surface area (Å²) in [6.45, 7) is 2.71. The third kappa shape index (κ3) is 2.69. The third-order valence-corrected chi connectivity index (χ3v) is 2.57. The van der Waals surface area contributed by atoms with Crippen molar-refractivity contribution in [3.8, 4) is 0 Å². The molecule has 1 aromatic rings. The van der Waals surface area contributed by atoms with E-state index in [1.807, 2.05) is 0 Å². The van der Waals surface area contributed by atoms with Crippen molar-refractivity contribution in [3.63, 3.8) is 0 Å². The highest BCUT2D eigenvalue weighted by Gasteiger charge is 2.10. The Hall–Kier alpha value is -0.600. The highest BCUT2D eigenvalue weighted by molar-refractivity contribution is 6.30. The molecule has 78 valence electrons. The molecule has 0 saturated heterocycles. The molecule has 0 aromatic heterocycles. The normalized spacial score (nSPS) is 12.9. The minimum atomic E-state index is -0.373. The Morgan fingerprint density at radius 2 is 2.21 bits per heavy atom. The molecule has 0 saturated carbocycles. The van der Waals surface area contributed by atoms with E-state index in [0.717, 1.165) is 12.0 Å². The van der Waals surface area contributed by atoms with Crippen LogP contribution in [0.1, 0.15) is 24.8 Å². The lowest BCUT2D eigenvalue weighted by Crippen LogP contribution is -2.05. The number of rotatable bonds is 4. The first kappa shape index (κ1) is 11.5. The Balaban J connectivity index is 2.88. The van der Waals surface area contributed by atoms with Gasteiger partial charge in [0.05, 0.1) is 11.6 Å². The molecule has 14 heavy (non-hydrogen) atoms. The zero-order chi connectivity index (χ0) is 10.6. The maximum Gasteiger partial charge on any atom is 0.141 e. The van der Waals surface area contributed by atoms with E-state index in [9.17, 15) is 4.39 Å².